The second-order valence-corrected chi connectivity index (χ2v) is 6.37. The lowest BCUT2D eigenvalue weighted by atomic mass is 10.0. The minimum Gasteiger partial charge on any atom is -0.375 e. The Morgan fingerprint density at radius 3 is 2.54 bits per heavy atom. The Hall–Kier alpha value is -0.970. The highest BCUT2D eigenvalue weighted by molar-refractivity contribution is 5.94. The molecule has 1 aromatic rings. The molecule has 1 heterocycles. The molecule has 1 aromatic carbocycles. The van der Waals surface area contributed by atoms with Gasteiger partial charge in [-0.2, -0.15) is 0 Å². The van der Waals surface area contributed by atoms with Crippen molar-refractivity contribution in [3.63, 3.8) is 0 Å². The van der Waals surface area contributed by atoms with E-state index in [9.17, 15) is 4.79 Å². The van der Waals surface area contributed by atoms with Crippen LogP contribution in [0.25, 0.3) is 0 Å². The fraction of sp³-hybridized carbons (Fsp3) is 0.611. The SMILES string of the molecule is CCCCN(C)c1ccc(C(=O)NC2CCNC(C)C2)cc1.Cl.Cl. The molecule has 24 heavy (non-hydrogen) atoms. The van der Waals surface area contributed by atoms with E-state index in [1.165, 1.54) is 18.5 Å². The summed E-state index contributed by atoms with van der Waals surface area (Å²) in [5.41, 5.74) is 1.92. The summed E-state index contributed by atoms with van der Waals surface area (Å²) in [4.78, 5) is 14.6. The minimum atomic E-state index is 0. The van der Waals surface area contributed by atoms with Gasteiger partial charge in [-0.25, -0.2) is 0 Å². The zero-order chi connectivity index (χ0) is 15.9. The first-order chi connectivity index (χ1) is 10.6. The zero-order valence-corrected chi connectivity index (χ0v) is 16.5. The second-order valence-electron chi connectivity index (χ2n) is 6.37. The summed E-state index contributed by atoms with van der Waals surface area (Å²) in [7, 11) is 2.10. The molecule has 2 rings (SSSR count). The van der Waals surface area contributed by atoms with E-state index in [2.05, 4.69) is 36.4 Å². The first-order valence-corrected chi connectivity index (χ1v) is 8.45. The first-order valence-electron chi connectivity index (χ1n) is 8.45. The van der Waals surface area contributed by atoms with E-state index < -0.39 is 0 Å². The average Bonchev–Trinajstić information content (AvgIpc) is 2.52. The molecule has 0 bridgehead atoms. The standard InChI is InChI=1S/C18H29N3O.2ClH/c1-4-5-12-21(3)17-8-6-15(7-9-17)18(22)20-16-10-11-19-14(2)13-16;;/h6-9,14,16,19H,4-5,10-13H2,1-3H3,(H,20,22);2*1H. The Morgan fingerprint density at radius 2 is 1.96 bits per heavy atom. The van der Waals surface area contributed by atoms with Crippen molar-refractivity contribution < 1.29 is 4.79 Å². The van der Waals surface area contributed by atoms with Crippen molar-refractivity contribution in [2.24, 2.45) is 0 Å². The van der Waals surface area contributed by atoms with Gasteiger partial charge in [0.15, 0.2) is 0 Å². The average molecular weight is 376 g/mol. The number of anilines is 1. The molecule has 4 nitrogen and oxygen atoms in total. The van der Waals surface area contributed by atoms with E-state index in [0.29, 0.717) is 6.04 Å². The van der Waals surface area contributed by atoms with Gasteiger partial charge in [-0.15, -0.1) is 24.8 Å². The maximum Gasteiger partial charge on any atom is 0.251 e. The lowest BCUT2D eigenvalue weighted by Gasteiger charge is -2.28. The molecule has 138 valence electrons. The molecule has 1 aliphatic heterocycles. The van der Waals surface area contributed by atoms with Crippen LogP contribution in [0.2, 0.25) is 0 Å². The summed E-state index contributed by atoms with van der Waals surface area (Å²) in [5, 5.41) is 6.56. The van der Waals surface area contributed by atoms with Gasteiger partial charge in [0.1, 0.15) is 0 Å². The summed E-state index contributed by atoms with van der Waals surface area (Å²) in [6, 6.07) is 8.70. The number of piperidine rings is 1. The number of hydrogen-bond donors (Lipinski definition) is 2. The summed E-state index contributed by atoms with van der Waals surface area (Å²) < 4.78 is 0. The lowest BCUT2D eigenvalue weighted by Crippen LogP contribution is -2.46. The molecule has 0 saturated carbocycles. The van der Waals surface area contributed by atoms with Crippen LogP contribution in [0.5, 0.6) is 0 Å². The maximum atomic E-state index is 12.3. The van der Waals surface area contributed by atoms with E-state index in [0.717, 1.165) is 31.5 Å². The molecule has 1 aliphatic rings. The Kier molecular flexibility index (Phi) is 11.1. The highest BCUT2D eigenvalue weighted by Gasteiger charge is 2.20. The number of hydrogen-bond acceptors (Lipinski definition) is 3. The Morgan fingerprint density at radius 1 is 1.29 bits per heavy atom. The monoisotopic (exact) mass is 375 g/mol. The molecular weight excluding hydrogens is 345 g/mol. The smallest absolute Gasteiger partial charge is 0.251 e. The van der Waals surface area contributed by atoms with Gasteiger partial charge in [0, 0.05) is 36.9 Å². The topological polar surface area (TPSA) is 44.4 Å². The van der Waals surface area contributed by atoms with E-state index in [-0.39, 0.29) is 36.8 Å². The molecule has 1 saturated heterocycles. The number of nitrogens with zero attached hydrogens (tertiary/aromatic N) is 1. The highest BCUT2D eigenvalue weighted by Crippen LogP contribution is 2.15. The number of amides is 1. The van der Waals surface area contributed by atoms with Crippen molar-refractivity contribution in [1.29, 1.82) is 0 Å². The van der Waals surface area contributed by atoms with Crippen LogP contribution < -0.4 is 15.5 Å². The van der Waals surface area contributed by atoms with Gasteiger partial charge >= 0.3 is 0 Å². The van der Waals surface area contributed by atoms with E-state index in [1.807, 2.05) is 24.3 Å². The van der Waals surface area contributed by atoms with Crippen molar-refractivity contribution in [2.75, 3.05) is 25.0 Å². The molecule has 0 radical (unpaired) electrons. The fourth-order valence-electron chi connectivity index (χ4n) is 2.92. The first kappa shape index (κ1) is 23.0. The molecule has 1 amide bonds. The normalized spacial score (nSPS) is 19.6. The summed E-state index contributed by atoms with van der Waals surface area (Å²) in [6.45, 7) is 6.39. The number of rotatable bonds is 6. The van der Waals surface area contributed by atoms with Crippen molar-refractivity contribution in [2.45, 2.75) is 51.6 Å². The van der Waals surface area contributed by atoms with Crippen LogP contribution in [0.3, 0.4) is 0 Å². The molecule has 2 unspecified atom stereocenters. The predicted molar refractivity (Wildman–Crippen MR) is 107 cm³/mol. The summed E-state index contributed by atoms with van der Waals surface area (Å²) >= 11 is 0. The van der Waals surface area contributed by atoms with Gasteiger partial charge in [-0.1, -0.05) is 13.3 Å². The summed E-state index contributed by atoms with van der Waals surface area (Å²) in [6.07, 6.45) is 4.39. The molecule has 0 aromatic heterocycles. The number of unbranched alkanes of at least 4 members (excludes halogenated alkanes) is 1. The van der Waals surface area contributed by atoms with Gasteiger partial charge in [0.05, 0.1) is 0 Å². The largest absolute Gasteiger partial charge is 0.375 e. The molecule has 2 atom stereocenters. The van der Waals surface area contributed by atoms with Crippen molar-refractivity contribution in [1.82, 2.24) is 10.6 Å². The van der Waals surface area contributed by atoms with Gasteiger partial charge in [-0.05, 0) is 57.0 Å². The quantitative estimate of drug-likeness (QED) is 0.797. The van der Waals surface area contributed by atoms with Crippen LogP contribution in [0.15, 0.2) is 24.3 Å². The molecule has 0 spiro atoms. The van der Waals surface area contributed by atoms with Gasteiger partial charge in [0.2, 0.25) is 0 Å². The number of halogens is 2. The maximum absolute atomic E-state index is 12.3. The van der Waals surface area contributed by atoms with Crippen molar-refractivity contribution in [3.05, 3.63) is 29.8 Å². The van der Waals surface area contributed by atoms with Gasteiger partial charge < -0.3 is 15.5 Å². The molecule has 2 N–H and O–H groups in total. The number of nitrogens with one attached hydrogen (secondary N) is 2. The number of carbonyl (C=O) groups excluding carboxylic acids is 1. The third-order valence-electron chi connectivity index (χ3n) is 4.38. The summed E-state index contributed by atoms with van der Waals surface area (Å²) in [5.74, 6) is 0.0434. The fourth-order valence-corrected chi connectivity index (χ4v) is 2.92. The van der Waals surface area contributed by atoms with Gasteiger partial charge in [-0.3, -0.25) is 4.79 Å². The number of carbonyl (C=O) groups is 1. The van der Waals surface area contributed by atoms with E-state index >= 15 is 0 Å². The zero-order valence-electron chi connectivity index (χ0n) is 14.9. The van der Waals surface area contributed by atoms with Crippen LogP contribution in [0, 0.1) is 0 Å². The Balaban J connectivity index is 0.00000264. The second kappa shape index (κ2) is 11.6. The molecule has 0 aliphatic carbocycles. The minimum absolute atomic E-state index is 0. The van der Waals surface area contributed by atoms with Gasteiger partial charge in [0.25, 0.3) is 5.91 Å². The van der Waals surface area contributed by atoms with Crippen LogP contribution in [0.4, 0.5) is 5.69 Å². The third-order valence-corrected chi connectivity index (χ3v) is 4.38. The van der Waals surface area contributed by atoms with E-state index in [1.54, 1.807) is 0 Å². The third kappa shape index (κ3) is 6.88. The lowest BCUT2D eigenvalue weighted by molar-refractivity contribution is 0.0925. The highest BCUT2D eigenvalue weighted by atomic mass is 35.5. The molecule has 6 heteroatoms. The van der Waals surface area contributed by atoms with E-state index in [4.69, 9.17) is 0 Å². The molecule has 1 fully saturated rings. The van der Waals surface area contributed by atoms with Crippen LogP contribution in [0.1, 0.15) is 49.9 Å². The van der Waals surface area contributed by atoms with Crippen LogP contribution in [-0.4, -0.2) is 38.1 Å². The van der Waals surface area contributed by atoms with Crippen LogP contribution >= 0.6 is 24.8 Å². The molecular formula is C18H31Cl2N3O. The van der Waals surface area contributed by atoms with Crippen LogP contribution in [-0.2, 0) is 0 Å². The Bertz CT molecular complexity index is 482. The Labute approximate surface area is 158 Å². The van der Waals surface area contributed by atoms with Crippen molar-refractivity contribution in [3.8, 4) is 0 Å². The number of benzene rings is 1. The van der Waals surface area contributed by atoms with Crippen molar-refractivity contribution >= 4 is 36.4 Å². The predicted octanol–water partition coefficient (Wildman–Crippen LogP) is 3.64.